The van der Waals surface area contributed by atoms with Crippen molar-refractivity contribution in [2.24, 2.45) is 5.73 Å². The maximum atomic E-state index is 12.3. The second-order valence-corrected chi connectivity index (χ2v) is 7.67. The Kier molecular flexibility index (Phi) is 6.41. The number of carbonyl (C=O) groups excluding carboxylic acids is 1. The molecule has 0 aliphatic heterocycles. The third-order valence-corrected chi connectivity index (χ3v) is 4.96. The zero-order valence-electron chi connectivity index (χ0n) is 15.8. The van der Waals surface area contributed by atoms with Crippen LogP contribution in [0.15, 0.2) is 24.3 Å². The van der Waals surface area contributed by atoms with E-state index in [0.29, 0.717) is 12.5 Å². The van der Waals surface area contributed by atoms with Gasteiger partial charge in [-0.05, 0) is 58.1 Å². The Balaban J connectivity index is 1.93. The van der Waals surface area contributed by atoms with Crippen molar-refractivity contribution >= 4 is 5.91 Å². The average Bonchev–Trinajstić information content (AvgIpc) is 3.36. The van der Waals surface area contributed by atoms with Crippen LogP contribution in [-0.4, -0.2) is 46.9 Å². The van der Waals surface area contributed by atoms with Crippen LogP contribution in [0.1, 0.15) is 51.7 Å². The fourth-order valence-electron chi connectivity index (χ4n) is 2.99. The fraction of sp³-hybridized carbons (Fsp3) is 0.650. The van der Waals surface area contributed by atoms with Crippen LogP contribution in [0.3, 0.4) is 0 Å². The first-order chi connectivity index (χ1) is 11.3. The van der Waals surface area contributed by atoms with Gasteiger partial charge in [0.05, 0.1) is 6.04 Å². The summed E-state index contributed by atoms with van der Waals surface area (Å²) in [6, 6.07) is 9.63. The molecule has 2 rings (SSSR count). The molecule has 0 spiro atoms. The summed E-state index contributed by atoms with van der Waals surface area (Å²) in [6.07, 6.45) is 3.25. The average molecular weight is 332 g/mol. The molecule has 134 valence electrons. The molecule has 1 aromatic rings. The Morgan fingerprint density at radius 2 is 1.62 bits per heavy atom. The summed E-state index contributed by atoms with van der Waals surface area (Å²) in [6.45, 7) is 9.54. The topological polar surface area (TPSA) is 49.6 Å². The van der Waals surface area contributed by atoms with Crippen molar-refractivity contribution in [3.63, 3.8) is 0 Å². The molecule has 1 fully saturated rings. The van der Waals surface area contributed by atoms with Crippen LogP contribution in [0, 0.1) is 0 Å². The lowest BCUT2D eigenvalue weighted by Crippen LogP contribution is -2.45. The predicted molar refractivity (Wildman–Crippen MR) is 99.7 cm³/mol. The van der Waals surface area contributed by atoms with Crippen LogP contribution in [-0.2, 0) is 17.8 Å². The highest BCUT2D eigenvalue weighted by atomic mass is 16.2. The van der Waals surface area contributed by atoms with Gasteiger partial charge in [0.2, 0.25) is 5.91 Å². The summed E-state index contributed by atoms with van der Waals surface area (Å²) in [5.41, 5.74) is 8.55. The van der Waals surface area contributed by atoms with Gasteiger partial charge in [0.25, 0.3) is 0 Å². The summed E-state index contributed by atoms with van der Waals surface area (Å²) < 4.78 is 0. The lowest BCUT2D eigenvalue weighted by atomic mass is 10.0. The maximum absolute atomic E-state index is 12.3. The highest BCUT2D eigenvalue weighted by Gasteiger charge is 2.30. The first-order valence-electron chi connectivity index (χ1n) is 9.15. The molecule has 4 heteroatoms. The lowest BCUT2D eigenvalue weighted by Gasteiger charge is -2.26. The molecule has 4 nitrogen and oxygen atoms in total. The molecular formula is C20H33N3O. The van der Waals surface area contributed by atoms with Gasteiger partial charge in [-0.1, -0.05) is 24.3 Å². The van der Waals surface area contributed by atoms with E-state index in [1.54, 1.807) is 4.90 Å². The fourth-order valence-corrected chi connectivity index (χ4v) is 2.99. The van der Waals surface area contributed by atoms with E-state index in [0.717, 1.165) is 18.2 Å². The standard InChI is InChI=1S/C20H33N3O/c1-14(2)22(5)20(24)19(21)12-16-6-8-17(9-7-16)13-23(15(3)4)18-10-11-18/h6-9,14-15,18-19H,10-13,21H2,1-5H3. The van der Waals surface area contributed by atoms with Crippen LogP contribution < -0.4 is 5.73 Å². The minimum absolute atomic E-state index is 0.00814. The zero-order chi connectivity index (χ0) is 17.9. The second-order valence-electron chi connectivity index (χ2n) is 7.67. The molecule has 2 N–H and O–H groups in total. The SMILES string of the molecule is CC(C)N(C)C(=O)C(N)Cc1ccc(CN(C(C)C)C2CC2)cc1. The Labute approximate surface area is 147 Å². The number of hydrogen-bond acceptors (Lipinski definition) is 3. The van der Waals surface area contributed by atoms with Gasteiger partial charge in [0.15, 0.2) is 0 Å². The second kappa shape index (κ2) is 8.13. The van der Waals surface area contributed by atoms with E-state index in [1.165, 1.54) is 18.4 Å². The van der Waals surface area contributed by atoms with Crippen molar-refractivity contribution in [1.82, 2.24) is 9.80 Å². The van der Waals surface area contributed by atoms with Crippen molar-refractivity contribution in [1.29, 1.82) is 0 Å². The Hall–Kier alpha value is -1.39. The van der Waals surface area contributed by atoms with Gasteiger partial charge >= 0.3 is 0 Å². The van der Waals surface area contributed by atoms with Crippen molar-refractivity contribution < 1.29 is 4.79 Å². The molecule has 1 unspecified atom stereocenters. The molecule has 0 heterocycles. The molecule has 0 aromatic heterocycles. The van der Waals surface area contributed by atoms with Crippen molar-refractivity contribution in [2.75, 3.05) is 7.05 Å². The quantitative estimate of drug-likeness (QED) is 0.797. The minimum Gasteiger partial charge on any atom is -0.342 e. The molecule has 1 aliphatic rings. The maximum Gasteiger partial charge on any atom is 0.239 e. The Bertz CT molecular complexity index is 532. The largest absolute Gasteiger partial charge is 0.342 e. The number of nitrogens with zero attached hydrogens (tertiary/aromatic N) is 2. The molecule has 1 amide bonds. The molecule has 0 radical (unpaired) electrons. The van der Waals surface area contributed by atoms with E-state index >= 15 is 0 Å². The lowest BCUT2D eigenvalue weighted by molar-refractivity contribution is -0.132. The summed E-state index contributed by atoms with van der Waals surface area (Å²) >= 11 is 0. The van der Waals surface area contributed by atoms with E-state index in [9.17, 15) is 4.79 Å². The number of carbonyl (C=O) groups is 1. The molecule has 1 aromatic carbocycles. The van der Waals surface area contributed by atoms with Gasteiger partial charge in [-0.3, -0.25) is 9.69 Å². The number of benzene rings is 1. The van der Waals surface area contributed by atoms with E-state index in [4.69, 9.17) is 5.73 Å². The highest BCUT2D eigenvalue weighted by molar-refractivity contribution is 5.82. The smallest absolute Gasteiger partial charge is 0.239 e. The Morgan fingerprint density at radius 1 is 1.08 bits per heavy atom. The molecular weight excluding hydrogens is 298 g/mol. The van der Waals surface area contributed by atoms with Gasteiger partial charge in [-0.25, -0.2) is 0 Å². The van der Waals surface area contributed by atoms with Crippen LogP contribution in [0.4, 0.5) is 0 Å². The summed E-state index contributed by atoms with van der Waals surface area (Å²) in [7, 11) is 1.81. The summed E-state index contributed by atoms with van der Waals surface area (Å²) in [5, 5.41) is 0. The van der Waals surface area contributed by atoms with E-state index in [1.807, 2.05) is 20.9 Å². The van der Waals surface area contributed by atoms with E-state index in [-0.39, 0.29) is 11.9 Å². The number of likely N-dealkylation sites (N-methyl/N-ethyl adjacent to an activating group) is 1. The minimum atomic E-state index is -0.470. The first-order valence-corrected chi connectivity index (χ1v) is 9.15. The number of hydrogen-bond donors (Lipinski definition) is 1. The van der Waals surface area contributed by atoms with Crippen LogP contribution >= 0.6 is 0 Å². The highest BCUT2D eigenvalue weighted by Crippen LogP contribution is 2.30. The number of rotatable bonds is 8. The number of nitrogens with two attached hydrogens (primary N) is 1. The number of amides is 1. The van der Waals surface area contributed by atoms with Gasteiger partial charge in [0, 0.05) is 31.7 Å². The van der Waals surface area contributed by atoms with Crippen LogP contribution in [0.2, 0.25) is 0 Å². The van der Waals surface area contributed by atoms with E-state index < -0.39 is 6.04 Å². The summed E-state index contributed by atoms with van der Waals surface area (Å²) in [4.78, 5) is 16.5. The normalized spacial score (nSPS) is 16.0. The molecule has 1 saturated carbocycles. The van der Waals surface area contributed by atoms with Gasteiger partial charge < -0.3 is 10.6 Å². The third-order valence-electron chi connectivity index (χ3n) is 4.96. The first kappa shape index (κ1) is 18.9. The van der Waals surface area contributed by atoms with Gasteiger partial charge in [-0.2, -0.15) is 0 Å². The van der Waals surface area contributed by atoms with Crippen LogP contribution in [0.25, 0.3) is 0 Å². The molecule has 0 bridgehead atoms. The van der Waals surface area contributed by atoms with Crippen molar-refractivity contribution in [3.05, 3.63) is 35.4 Å². The van der Waals surface area contributed by atoms with Gasteiger partial charge in [0.1, 0.15) is 0 Å². The van der Waals surface area contributed by atoms with Gasteiger partial charge in [-0.15, -0.1) is 0 Å². The Morgan fingerprint density at radius 3 is 2.08 bits per heavy atom. The monoisotopic (exact) mass is 331 g/mol. The van der Waals surface area contributed by atoms with Crippen LogP contribution in [0.5, 0.6) is 0 Å². The zero-order valence-corrected chi connectivity index (χ0v) is 15.8. The van der Waals surface area contributed by atoms with Crippen molar-refractivity contribution in [3.8, 4) is 0 Å². The molecule has 24 heavy (non-hydrogen) atoms. The van der Waals surface area contributed by atoms with Crippen molar-refractivity contribution in [2.45, 2.75) is 77.7 Å². The molecule has 0 saturated heterocycles. The molecule has 1 aliphatic carbocycles. The molecule has 1 atom stereocenters. The third kappa shape index (κ3) is 5.05. The summed E-state index contributed by atoms with van der Waals surface area (Å²) in [5.74, 6) is 0.00814. The van der Waals surface area contributed by atoms with E-state index in [2.05, 4.69) is 43.0 Å². The predicted octanol–water partition coefficient (Wildman–Crippen LogP) is 2.80.